The molecular formula is C16H25NOS. The zero-order valence-electron chi connectivity index (χ0n) is 12.7. The van der Waals surface area contributed by atoms with Crippen molar-refractivity contribution in [2.24, 2.45) is 0 Å². The third kappa shape index (κ3) is 4.66. The van der Waals surface area contributed by atoms with Gasteiger partial charge in [-0.3, -0.25) is 9.69 Å². The molecule has 0 amide bonds. The van der Waals surface area contributed by atoms with Gasteiger partial charge in [-0.2, -0.15) is 11.8 Å². The molecule has 0 heterocycles. The van der Waals surface area contributed by atoms with E-state index in [4.69, 9.17) is 0 Å². The molecule has 1 atom stereocenters. The predicted molar refractivity (Wildman–Crippen MR) is 85.3 cm³/mol. The van der Waals surface area contributed by atoms with Gasteiger partial charge in [0.25, 0.3) is 0 Å². The van der Waals surface area contributed by atoms with Crippen molar-refractivity contribution in [3.8, 4) is 0 Å². The van der Waals surface area contributed by atoms with Crippen LogP contribution in [0, 0.1) is 13.8 Å². The van der Waals surface area contributed by atoms with Crippen molar-refractivity contribution in [3.63, 3.8) is 0 Å². The smallest absolute Gasteiger partial charge is 0.177 e. The first-order chi connectivity index (χ1) is 8.99. The lowest BCUT2D eigenvalue weighted by molar-refractivity contribution is 0.0924. The molecular weight excluding hydrogens is 254 g/mol. The molecule has 0 saturated carbocycles. The van der Waals surface area contributed by atoms with Crippen LogP contribution in [0.3, 0.4) is 0 Å². The van der Waals surface area contributed by atoms with Crippen LogP contribution in [0.25, 0.3) is 0 Å². The summed E-state index contributed by atoms with van der Waals surface area (Å²) in [6.45, 7) is 6.72. The van der Waals surface area contributed by atoms with Crippen LogP contribution in [0.5, 0.6) is 0 Å². The fraction of sp³-hybridized carbons (Fsp3) is 0.562. The van der Waals surface area contributed by atoms with Crippen molar-refractivity contribution in [1.82, 2.24) is 4.90 Å². The number of hydrogen-bond donors (Lipinski definition) is 0. The van der Waals surface area contributed by atoms with Gasteiger partial charge in [0.05, 0.1) is 6.54 Å². The minimum Gasteiger partial charge on any atom is -0.295 e. The first-order valence-electron chi connectivity index (χ1n) is 6.79. The van der Waals surface area contributed by atoms with Crippen LogP contribution >= 0.6 is 11.8 Å². The fourth-order valence-electron chi connectivity index (χ4n) is 2.23. The van der Waals surface area contributed by atoms with Gasteiger partial charge < -0.3 is 0 Å². The summed E-state index contributed by atoms with van der Waals surface area (Å²) in [5.41, 5.74) is 3.08. The van der Waals surface area contributed by atoms with E-state index >= 15 is 0 Å². The zero-order valence-corrected chi connectivity index (χ0v) is 13.5. The van der Waals surface area contributed by atoms with Gasteiger partial charge in [0.15, 0.2) is 5.78 Å². The van der Waals surface area contributed by atoms with Crippen LogP contribution in [0.2, 0.25) is 0 Å². The molecule has 0 aliphatic heterocycles. The summed E-state index contributed by atoms with van der Waals surface area (Å²) >= 11 is 1.84. The third-order valence-electron chi connectivity index (χ3n) is 3.54. The van der Waals surface area contributed by atoms with Crippen LogP contribution in [-0.4, -0.2) is 42.3 Å². The molecule has 19 heavy (non-hydrogen) atoms. The van der Waals surface area contributed by atoms with Crippen molar-refractivity contribution >= 4 is 17.5 Å². The maximum absolute atomic E-state index is 12.4. The number of nitrogens with zero attached hydrogens (tertiary/aromatic N) is 1. The summed E-state index contributed by atoms with van der Waals surface area (Å²) in [7, 11) is 2.05. The van der Waals surface area contributed by atoms with E-state index in [1.807, 2.05) is 44.8 Å². The van der Waals surface area contributed by atoms with E-state index in [-0.39, 0.29) is 5.78 Å². The van der Waals surface area contributed by atoms with Crippen LogP contribution in [0.15, 0.2) is 18.2 Å². The second-order valence-electron chi connectivity index (χ2n) is 5.17. The van der Waals surface area contributed by atoms with Gasteiger partial charge in [-0.15, -0.1) is 0 Å². The van der Waals surface area contributed by atoms with Crippen LogP contribution in [0.1, 0.15) is 34.8 Å². The molecule has 0 N–H and O–H groups in total. The normalized spacial score (nSPS) is 12.7. The number of ketones is 1. The standard InChI is InChI=1S/C16H25NOS/c1-6-14(11-19-5)17(4)10-16(18)15-9-12(2)7-8-13(15)3/h7-9,14H,6,10-11H2,1-5H3. The molecule has 1 aromatic rings. The van der Waals surface area contributed by atoms with Gasteiger partial charge in [-0.05, 0) is 45.2 Å². The maximum atomic E-state index is 12.4. The second kappa shape index (κ2) is 7.71. The summed E-state index contributed by atoms with van der Waals surface area (Å²) in [5, 5.41) is 0. The molecule has 0 saturated heterocycles. The highest BCUT2D eigenvalue weighted by atomic mass is 32.2. The average molecular weight is 279 g/mol. The molecule has 1 rings (SSSR count). The summed E-state index contributed by atoms with van der Waals surface area (Å²) in [5.74, 6) is 1.30. The number of carbonyl (C=O) groups excluding carboxylic acids is 1. The molecule has 0 aliphatic carbocycles. The Kier molecular flexibility index (Phi) is 6.59. The molecule has 0 fully saturated rings. The molecule has 0 radical (unpaired) electrons. The monoisotopic (exact) mass is 279 g/mol. The molecule has 0 bridgehead atoms. The molecule has 2 nitrogen and oxygen atoms in total. The van der Waals surface area contributed by atoms with Gasteiger partial charge in [-0.1, -0.05) is 24.6 Å². The molecule has 1 unspecified atom stereocenters. The van der Waals surface area contributed by atoms with E-state index in [2.05, 4.69) is 24.1 Å². The van der Waals surface area contributed by atoms with Crippen molar-refractivity contribution in [2.75, 3.05) is 25.6 Å². The number of aryl methyl sites for hydroxylation is 2. The Labute approximate surface area is 121 Å². The lowest BCUT2D eigenvalue weighted by Crippen LogP contribution is -2.37. The van der Waals surface area contributed by atoms with Gasteiger partial charge in [-0.25, -0.2) is 0 Å². The number of thioether (sulfide) groups is 1. The second-order valence-corrected chi connectivity index (χ2v) is 6.08. The highest BCUT2D eigenvalue weighted by Gasteiger charge is 2.17. The Balaban J connectivity index is 2.76. The number of benzene rings is 1. The van der Waals surface area contributed by atoms with E-state index in [9.17, 15) is 4.79 Å². The molecule has 0 spiro atoms. The molecule has 1 aromatic carbocycles. The minimum atomic E-state index is 0.225. The summed E-state index contributed by atoms with van der Waals surface area (Å²) in [6.07, 6.45) is 3.19. The van der Waals surface area contributed by atoms with Gasteiger partial charge in [0, 0.05) is 17.4 Å². The van der Waals surface area contributed by atoms with Crippen molar-refractivity contribution in [1.29, 1.82) is 0 Å². The van der Waals surface area contributed by atoms with E-state index in [0.717, 1.165) is 28.9 Å². The maximum Gasteiger partial charge on any atom is 0.177 e. The summed E-state index contributed by atoms with van der Waals surface area (Å²) in [4.78, 5) is 14.6. The van der Waals surface area contributed by atoms with E-state index in [0.29, 0.717) is 12.6 Å². The SMILES string of the molecule is CCC(CSC)N(C)CC(=O)c1cc(C)ccc1C. The number of Topliss-reactive ketones (excluding diaryl/α,β-unsaturated/α-hetero) is 1. The number of rotatable bonds is 7. The Morgan fingerprint density at radius 1 is 1.37 bits per heavy atom. The number of hydrogen-bond acceptors (Lipinski definition) is 3. The van der Waals surface area contributed by atoms with Gasteiger partial charge >= 0.3 is 0 Å². The first-order valence-corrected chi connectivity index (χ1v) is 8.18. The molecule has 3 heteroatoms. The lowest BCUT2D eigenvalue weighted by Gasteiger charge is -2.26. The third-order valence-corrected chi connectivity index (χ3v) is 4.26. The van der Waals surface area contributed by atoms with Gasteiger partial charge in [0.2, 0.25) is 0 Å². The highest BCUT2D eigenvalue weighted by molar-refractivity contribution is 7.98. The highest BCUT2D eigenvalue weighted by Crippen LogP contribution is 2.14. The van der Waals surface area contributed by atoms with Crippen LogP contribution < -0.4 is 0 Å². The zero-order chi connectivity index (χ0) is 14.4. The van der Waals surface area contributed by atoms with E-state index < -0.39 is 0 Å². The fourth-order valence-corrected chi connectivity index (χ4v) is 3.10. The average Bonchev–Trinajstić information content (AvgIpc) is 2.38. The molecule has 0 aliphatic rings. The van der Waals surface area contributed by atoms with Crippen LogP contribution in [0.4, 0.5) is 0 Å². The van der Waals surface area contributed by atoms with Crippen molar-refractivity contribution in [2.45, 2.75) is 33.2 Å². The molecule has 0 aromatic heterocycles. The Morgan fingerprint density at radius 2 is 2.05 bits per heavy atom. The van der Waals surface area contributed by atoms with Crippen molar-refractivity contribution < 1.29 is 4.79 Å². The number of likely N-dealkylation sites (N-methyl/N-ethyl adjacent to an activating group) is 1. The Bertz CT molecular complexity index is 431. The van der Waals surface area contributed by atoms with E-state index in [1.54, 1.807) is 0 Å². The molecule has 106 valence electrons. The van der Waals surface area contributed by atoms with Crippen molar-refractivity contribution in [3.05, 3.63) is 34.9 Å². The topological polar surface area (TPSA) is 20.3 Å². The van der Waals surface area contributed by atoms with E-state index in [1.165, 1.54) is 0 Å². The van der Waals surface area contributed by atoms with Crippen LogP contribution in [-0.2, 0) is 0 Å². The quantitative estimate of drug-likeness (QED) is 0.712. The Hall–Kier alpha value is -0.800. The summed E-state index contributed by atoms with van der Waals surface area (Å²) in [6, 6.07) is 6.56. The predicted octanol–water partition coefficient (Wildman–Crippen LogP) is 3.56. The number of carbonyl (C=O) groups is 1. The first kappa shape index (κ1) is 16.3. The lowest BCUT2D eigenvalue weighted by atomic mass is 10.0. The largest absolute Gasteiger partial charge is 0.295 e. The minimum absolute atomic E-state index is 0.225. The van der Waals surface area contributed by atoms with Gasteiger partial charge in [0.1, 0.15) is 0 Å². The Morgan fingerprint density at radius 3 is 2.63 bits per heavy atom. The summed E-state index contributed by atoms with van der Waals surface area (Å²) < 4.78 is 0.